The molecule has 0 spiro atoms. The van der Waals surface area contributed by atoms with Crippen molar-refractivity contribution in [2.24, 2.45) is 0 Å². The van der Waals surface area contributed by atoms with E-state index in [1.165, 1.54) is 0 Å². The van der Waals surface area contributed by atoms with Crippen molar-refractivity contribution in [2.45, 2.75) is 44.6 Å². The van der Waals surface area contributed by atoms with E-state index in [2.05, 4.69) is 9.78 Å². The molecule has 0 aliphatic carbocycles. The maximum atomic E-state index is 11.3. The van der Waals surface area contributed by atoms with Gasteiger partial charge in [0.05, 0.1) is 19.3 Å². The van der Waals surface area contributed by atoms with Gasteiger partial charge in [-0.3, -0.25) is 4.79 Å². The Morgan fingerprint density at radius 3 is 2.16 bits per heavy atom. The van der Waals surface area contributed by atoms with Crippen molar-refractivity contribution in [1.82, 2.24) is 0 Å². The Labute approximate surface area is 108 Å². The molecule has 1 aliphatic heterocycles. The molecule has 1 unspecified atom stereocenters. The molecule has 0 aromatic heterocycles. The van der Waals surface area contributed by atoms with Crippen LogP contribution in [0.15, 0.2) is 0 Å². The molecule has 1 saturated heterocycles. The molecule has 1 rings (SSSR count). The number of rotatable bonds is 1. The summed E-state index contributed by atoms with van der Waals surface area (Å²) in [6.45, 7) is 0. The van der Waals surface area contributed by atoms with Crippen molar-refractivity contribution in [3.8, 4) is 0 Å². The Bertz CT molecular complexity index is 375. The van der Waals surface area contributed by atoms with Crippen LogP contribution in [0.3, 0.4) is 0 Å². The lowest BCUT2D eigenvalue weighted by Crippen LogP contribution is -2.27. The number of ether oxygens (including phenoxy) is 1. The van der Waals surface area contributed by atoms with Gasteiger partial charge >= 0.3 is 23.9 Å². The number of carbonyl (C=O) groups is 4. The third kappa shape index (κ3) is 5.84. The highest BCUT2D eigenvalue weighted by Gasteiger charge is 2.23. The Hall–Kier alpha value is -2.12. The van der Waals surface area contributed by atoms with Crippen molar-refractivity contribution >= 4 is 23.9 Å². The van der Waals surface area contributed by atoms with Gasteiger partial charge in [0.2, 0.25) is 0 Å². The molecule has 0 saturated carbocycles. The van der Waals surface area contributed by atoms with E-state index in [9.17, 15) is 19.2 Å². The summed E-state index contributed by atoms with van der Waals surface area (Å²) in [7, 11) is 0. The predicted octanol–water partition coefficient (Wildman–Crippen LogP) is 0.338. The van der Waals surface area contributed by atoms with Crippen LogP contribution in [0, 0.1) is 0 Å². The second kappa shape index (κ2) is 7.34. The fraction of sp³-hybridized carbons (Fsp3) is 0.636. The molecular weight excluding hydrogens is 260 g/mol. The first-order valence-electron chi connectivity index (χ1n) is 5.81. The first-order valence-corrected chi connectivity index (χ1v) is 5.81. The number of esters is 1. The molecule has 1 N–H and O–H groups in total. The standard InChI is InChI=1S/C11H14O8/c12-8-5-6-10(14)19-18-9(13)4-2-1-3-7(17-8)11(15)16/h7H,1-6H2,(H,15,16). The summed E-state index contributed by atoms with van der Waals surface area (Å²) in [5.74, 6) is -3.67. The molecule has 106 valence electrons. The first-order chi connectivity index (χ1) is 8.99. The lowest BCUT2D eigenvalue weighted by molar-refractivity contribution is -0.259. The lowest BCUT2D eigenvalue weighted by Gasteiger charge is -2.12. The van der Waals surface area contributed by atoms with Gasteiger partial charge < -0.3 is 9.84 Å². The zero-order valence-electron chi connectivity index (χ0n) is 10.1. The minimum Gasteiger partial charge on any atom is -0.479 e. The van der Waals surface area contributed by atoms with E-state index >= 15 is 0 Å². The molecule has 1 atom stereocenters. The smallest absolute Gasteiger partial charge is 0.356 e. The molecule has 8 nitrogen and oxygen atoms in total. The number of aliphatic carboxylic acids is 1. The summed E-state index contributed by atoms with van der Waals surface area (Å²) in [5, 5.41) is 8.86. The van der Waals surface area contributed by atoms with Crippen LogP contribution in [0.1, 0.15) is 38.5 Å². The van der Waals surface area contributed by atoms with Gasteiger partial charge in [0, 0.05) is 0 Å². The number of hydrogen-bond donors (Lipinski definition) is 1. The molecule has 0 amide bonds. The van der Waals surface area contributed by atoms with E-state index in [-0.39, 0.29) is 25.7 Å². The van der Waals surface area contributed by atoms with Gasteiger partial charge in [-0.25, -0.2) is 24.2 Å². The van der Waals surface area contributed by atoms with Crippen LogP contribution in [0.2, 0.25) is 0 Å². The summed E-state index contributed by atoms with van der Waals surface area (Å²) >= 11 is 0. The highest BCUT2D eigenvalue weighted by Crippen LogP contribution is 2.11. The SMILES string of the molecule is O=C1CCCCC(C(=O)O)OC(=O)CCC(=O)OO1. The van der Waals surface area contributed by atoms with E-state index < -0.39 is 30.0 Å². The third-order valence-electron chi connectivity index (χ3n) is 2.41. The van der Waals surface area contributed by atoms with Crippen LogP contribution in [-0.2, 0) is 33.7 Å². The van der Waals surface area contributed by atoms with Crippen LogP contribution < -0.4 is 0 Å². The number of cyclic esters (lactones) is 1. The maximum absolute atomic E-state index is 11.3. The second-order valence-electron chi connectivity index (χ2n) is 3.97. The molecule has 1 aliphatic rings. The summed E-state index contributed by atoms with van der Waals surface area (Å²) in [4.78, 5) is 52.7. The van der Waals surface area contributed by atoms with Crippen LogP contribution in [0.4, 0.5) is 0 Å². The van der Waals surface area contributed by atoms with Crippen molar-refractivity contribution in [3.63, 3.8) is 0 Å². The fourth-order valence-electron chi connectivity index (χ4n) is 1.43. The largest absolute Gasteiger partial charge is 0.479 e. The summed E-state index contributed by atoms with van der Waals surface area (Å²) in [6, 6.07) is 0. The van der Waals surface area contributed by atoms with E-state index in [0.717, 1.165) is 0 Å². The Morgan fingerprint density at radius 1 is 0.947 bits per heavy atom. The van der Waals surface area contributed by atoms with E-state index in [0.29, 0.717) is 12.8 Å². The Balaban J connectivity index is 2.62. The predicted molar refractivity (Wildman–Crippen MR) is 57.4 cm³/mol. The van der Waals surface area contributed by atoms with Crippen molar-refractivity contribution < 1.29 is 38.8 Å². The van der Waals surface area contributed by atoms with Gasteiger partial charge in [0.1, 0.15) is 0 Å². The normalized spacial score (nSPS) is 22.9. The molecular formula is C11H14O8. The van der Waals surface area contributed by atoms with Gasteiger partial charge in [-0.2, -0.15) is 0 Å². The van der Waals surface area contributed by atoms with Gasteiger partial charge in [-0.15, -0.1) is 0 Å². The van der Waals surface area contributed by atoms with Gasteiger partial charge in [-0.05, 0) is 19.3 Å². The topological polar surface area (TPSA) is 116 Å². The second-order valence-corrected chi connectivity index (χ2v) is 3.97. The summed E-state index contributed by atoms with van der Waals surface area (Å²) in [5.41, 5.74) is 0. The quantitative estimate of drug-likeness (QED) is 0.537. The maximum Gasteiger partial charge on any atom is 0.356 e. The van der Waals surface area contributed by atoms with E-state index in [1.807, 2.05) is 0 Å². The minimum absolute atomic E-state index is 0.00638. The number of hydrogen-bond acceptors (Lipinski definition) is 7. The van der Waals surface area contributed by atoms with Crippen LogP contribution in [0.25, 0.3) is 0 Å². The lowest BCUT2D eigenvalue weighted by atomic mass is 10.1. The molecule has 19 heavy (non-hydrogen) atoms. The third-order valence-corrected chi connectivity index (χ3v) is 2.41. The summed E-state index contributed by atoms with van der Waals surface area (Å²) in [6.07, 6.45) is -1.14. The monoisotopic (exact) mass is 274 g/mol. The summed E-state index contributed by atoms with van der Waals surface area (Å²) < 4.78 is 4.73. The highest BCUT2D eigenvalue weighted by molar-refractivity contribution is 5.81. The Kier molecular flexibility index (Phi) is 5.77. The van der Waals surface area contributed by atoms with Crippen molar-refractivity contribution in [2.75, 3.05) is 0 Å². The van der Waals surface area contributed by atoms with Crippen LogP contribution >= 0.6 is 0 Å². The average molecular weight is 274 g/mol. The zero-order valence-corrected chi connectivity index (χ0v) is 10.1. The van der Waals surface area contributed by atoms with Crippen molar-refractivity contribution in [3.05, 3.63) is 0 Å². The highest BCUT2D eigenvalue weighted by atomic mass is 17.2. The van der Waals surface area contributed by atoms with Crippen LogP contribution in [0.5, 0.6) is 0 Å². The zero-order chi connectivity index (χ0) is 14.3. The number of carbonyl (C=O) groups excluding carboxylic acids is 3. The average Bonchev–Trinajstić information content (AvgIpc) is 2.37. The van der Waals surface area contributed by atoms with E-state index in [4.69, 9.17) is 9.84 Å². The molecule has 8 heteroatoms. The van der Waals surface area contributed by atoms with Crippen LogP contribution in [-0.4, -0.2) is 35.1 Å². The fourth-order valence-corrected chi connectivity index (χ4v) is 1.43. The number of carboxylic acid groups (broad SMARTS) is 1. The minimum atomic E-state index is -1.26. The molecule has 0 aromatic rings. The van der Waals surface area contributed by atoms with Gasteiger partial charge in [0.25, 0.3) is 0 Å². The number of carboxylic acids is 1. The Morgan fingerprint density at radius 2 is 1.53 bits per heavy atom. The molecule has 0 aromatic carbocycles. The van der Waals surface area contributed by atoms with Gasteiger partial charge in [0.15, 0.2) is 6.10 Å². The molecule has 0 radical (unpaired) electrons. The first kappa shape index (κ1) is 14.9. The molecule has 1 heterocycles. The van der Waals surface area contributed by atoms with E-state index in [1.54, 1.807) is 0 Å². The van der Waals surface area contributed by atoms with Crippen molar-refractivity contribution in [1.29, 1.82) is 0 Å². The van der Waals surface area contributed by atoms with Gasteiger partial charge in [-0.1, -0.05) is 0 Å². The molecule has 1 fully saturated rings. The molecule has 0 bridgehead atoms.